The van der Waals surface area contributed by atoms with Gasteiger partial charge in [-0.15, -0.1) is 0 Å². The fourth-order valence-corrected chi connectivity index (χ4v) is 3.72. The zero-order valence-electron chi connectivity index (χ0n) is 17.4. The molecule has 1 fully saturated rings. The summed E-state index contributed by atoms with van der Waals surface area (Å²) < 4.78 is 0. The molecule has 1 aromatic rings. The summed E-state index contributed by atoms with van der Waals surface area (Å²) in [6, 6.07) is 4.34. The number of nitrogens with two attached hydrogens (primary N) is 1. The quantitative estimate of drug-likeness (QED) is 0.445. The summed E-state index contributed by atoms with van der Waals surface area (Å²) in [6.45, 7) is 1.98. The Morgan fingerprint density at radius 2 is 1.83 bits per heavy atom. The minimum atomic E-state index is -0.679. The van der Waals surface area contributed by atoms with Crippen LogP contribution in [0.3, 0.4) is 0 Å². The van der Waals surface area contributed by atoms with Crippen molar-refractivity contribution in [3.05, 3.63) is 23.4 Å². The van der Waals surface area contributed by atoms with E-state index in [4.69, 9.17) is 15.8 Å². The summed E-state index contributed by atoms with van der Waals surface area (Å²) in [7, 11) is 0. The molecule has 3 heterocycles. The topological polar surface area (TPSA) is 117 Å². The number of anilines is 1. The minimum Gasteiger partial charge on any atom is -0.481 e. The van der Waals surface area contributed by atoms with Crippen LogP contribution in [0.2, 0.25) is 0 Å². The lowest BCUT2D eigenvalue weighted by Crippen LogP contribution is -2.36. The molecule has 29 heavy (non-hydrogen) atoms. The number of carbonyl (C=O) groups is 2. The third-order valence-corrected chi connectivity index (χ3v) is 5.43. The van der Waals surface area contributed by atoms with E-state index in [0.29, 0.717) is 6.42 Å². The first-order chi connectivity index (χ1) is 14.1. The molecular formula is C22H36N4O3. The Kier molecular flexibility index (Phi) is 10.5. The summed E-state index contributed by atoms with van der Waals surface area (Å²) in [5.74, 6) is 0.192. The predicted octanol–water partition coefficient (Wildman–Crippen LogP) is 3.02. The molecule has 7 heteroatoms. The van der Waals surface area contributed by atoms with E-state index in [1.54, 1.807) is 0 Å². The molecule has 0 aromatic carbocycles. The molecule has 162 valence electrons. The Hall–Kier alpha value is -2.15. The molecule has 1 aromatic heterocycles. The number of unbranched alkanes of at least 4 members (excludes halogenated alkanes) is 5. The van der Waals surface area contributed by atoms with Gasteiger partial charge in [0.25, 0.3) is 0 Å². The summed E-state index contributed by atoms with van der Waals surface area (Å²) in [5.41, 5.74) is 7.54. The average molecular weight is 405 g/mol. The van der Waals surface area contributed by atoms with E-state index >= 15 is 0 Å². The maximum absolute atomic E-state index is 10.4. The van der Waals surface area contributed by atoms with Crippen molar-refractivity contribution >= 4 is 17.7 Å². The van der Waals surface area contributed by atoms with Gasteiger partial charge in [-0.1, -0.05) is 31.7 Å². The van der Waals surface area contributed by atoms with Gasteiger partial charge in [-0.05, 0) is 63.1 Å². The first-order valence-corrected chi connectivity index (χ1v) is 11.0. The number of carboxylic acid groups (broad SMARTS) is 1. The van der Waals surface area contributed by atoms with Gasteiger partial charge in [0.2, 0.25) is 5.91 Å². The summed E-state index contributed by atoms with van der Waals surface area (Å²) >= 11 is 0. The van der Waals surface area contributed by atoms with Crippen molar-refractivity contribution in [3.8, 4) is 0 Å². The van der Waals surface area contributed by atoms with E-state index in [-0.39, 0.29) is 11.9 Å². The van der Waals surface area contributed by atoms with Crippen LogP contribution in [-0.2, 0) is 22.4 Å². The molecule has 0 aliphatic carbocycles. The number of hydrogen-bond acceptors (Lipinski definition) is 5. The van der Waals surface area contributed by atoms with Crippen LogP contribution in [-0.4, -0.2) is 41.1 Å². The van der Waals surface area contributed by atoms with E-state index in [1.807, 2.05) is 0 Å². The number of fused-ring (bicyclic) bond motifs is 1. The molecule has 0 bridgehead atoms. The predicted molar refractivity (Wildman–Crippen MR) is 115 cm³/mol. The SMILES string of the molecule is NC(=O)[C@@H]1CCCN1.O=C(O)CCCCCCCCc1ccc2c(n1)NCCC2. The van der Waals surface area contributed by atoms with E-state index in [0.717, 1.165) is 63.9 Å². The normalized spacial score (nSPS) is 17.6. The second-order valence-electron chi connectivity index (χ2n) is 7.91. The van der Waals surface area contributed by atoms with Gasteiger partial charge in [0.05, 0.1) is 6.04 Å². The number of hydrogen-bond donors (Lipinski definition) is 4. The van der Waals surface area contributed by atoms with Crippen LogP contribution in [0.4, 0.5) is 5.82 Å². The molecule has 5 N–H and O–H groups in total. The van der Waals surface area contributed by atoms with Gasteiger partial charge in [0.15, 0.2) is 0 Å². The van der Waals surface area contributed by atoms with Gasteiger partial charge in [0.1, 0.15) is 5.82 Å². The number of aliphatic carboxylic acids is 1. The van der Waals surface area contributed by atoms with E-state index in [2.05, 4.69) is 22.8 Å². The van der Waals surface area contributed by atoms with Crippen LogP contribution in [0, 0.1) is 0 Å². The fourth-order valence-electron chi connectivity index (χ4n) is 3.72. The van der Waals surface area contributed by atoms with Crippen LogP contribution < -0.4 is 16.4 Å². The highest BCUT2D eigenvalue weighted by Crippen LogP contribution is 2.20. The van der Waals surface area contributed by atoms with Crippen LogP contribution >= 0.6 is 0 Å². The van der Waals surface area contributed by atoms with Crippen molar-refractivity contribution in [2.24, 2.45) is 5.73 Å². The third-order valence-electron chi connectivity index (χ3n) is 5.43. The van der Waals surface area contributed by atoms with Crippen LogP contribution in [0.1, 0.15) is 75.5 Å². The minimum absolute atomic E-state index is 0.0463. The lowest BCUT2D eigenvalue weighted by molar-refractivity contribution is -0.137. The molecule has 3 rings (SSSR count). The number of amides is 1. The Morgan fingerprint density at radius 1 is 1.07 bits per heavy atom. The highest BCUT2D eigenvalue weighted by molar-refractivity contribution is 5.80. The van der Waals surface area contributed by atoms with E-state index in [1.165, 1.54) is 36.9 Å². The number of aryl methyl sites for hydroxylation is 2. The summed E-state index contributed by atoms with van der Waals surface area (Å²) in [6.07, 6.45) is 12.3. The van der Waals surface area contributed by atoms with Crippen molar-refractivity contribution in [2.75, 3.05) is 18.4 Å². The second-order valence-corrected chi connectivity index (χ2v) is 7.91. The molecule has 1 amide bonds. The molecule has 0 saturated carbocycles. The largest absolute Gasteiger partial charge is 0.481 e. The van der Waals surface area contributed by atoms with Crippen LogP contribution in [0.15, 0.2) is 12.1 Å². The molecule has 1 atom stereocenters. The van der Waals surface area contributed by atoms with Gasteiger partial charge in [-0.25, -0.2) is 4.98 Å². The van der Waals surface area contributed by atoms with Crippen molar-refractivity contribution in [2.45, 2.75) is 83.1 Å². The molecule has 0 spiro atoms. The van der Waals surface area contributed by atoms with Crippen molar-refractivity contribution in [1.29, 1.82) is 0 Å². The standard InChI is InChI=1S/C17H26N2O2.C5H10N2O/c20-16(21)10-6-4-2-1-3-5-9-15-12-11-14-8-7-13-18-17(14)19-15;6-5(8)4-2-1-3-7-4/h11-12H,1-10,13H2,(H,18,19)(H,20,21);4,7H,1-3H2,(H2,6,8)/t;4-/m.0/s1. The second kappa shape index (κ2) is 13.1. The maximum Gasteiger partial charge on any atom is 0.303 e. The first kappa shape index (κ1) is 23.1. The van der Waals surface area contributed by atoms with Gasteiger partial charge in [0, 0.05) is 18.7 Å². The molecular weight excluding hydrogens is 368 g/mol. The molecule has 0 radical (unpaired) electrons. The van der Waals surface area contributed by atoms with Gasteiger partial charge in [-0.3, -0.25) is 9.59 Å². The lowest BCUT2D eigenvalue weighted by atomic mass is 10.0. The first-order valence-electron chi connectivity index (χ1n) is 11.0. The smallest absolute Gasteiger partial charge is 0.303 e. The van der Waals surface area contributed by atoms with Crippen molar-refractivity contribution in [3.63, 3.8) is 0 Å². The zero-order chi connectivity index (χ0) is 20.9. The number of aromatic nitrogens is 1. The Morgan fingerprint density at radius 3 is 2.48 bits per heavy atom. The van der Waals surface area contributed by atoms with Gasteiger partial charge < -0.3 is 21.5 Å². The molecule has 2 aliphatic heterocycles. The maximum atomic E-state index is 10.4. The monoisotopic (exact) mass is 404 g/mol. The Bertz CT molecular complexity index is 645. The van der Waals surface area contributed by atoms with Gasteiger partial charge >= 0.3 is 5.97 Å². The van der Waals surface area contributed by atoms with Crippen LogP contribution in [0.25, 0.3) is 0 Å². The summed E-state index contributed by atoms with van der Waals surface area (Å²) in [5, 5.41) is 14.9. The number of nitrogens with one attached hydrogen (secondary N) is 2. The number of carbonyl (C=O) groups excluding carboxylic acids is 1. The Balaban J connectivity index is 0.000000313. The number of pyridine rings is 1. The van der Waals surface area contributed by atoms with Gasteiger partial charge in [-0.2, -0.15) is 0 Å². The number of carboxylic acids is 1. The van der Waals surface area contributed by atoms with E-state index < -0.39 is 5.97 Å². The van der Waals surface area contributed by atoms with Crippen LogP contribution in [0.5, 0.6) is 0 Å². The zero-order valence-corrected chi connectivity index (χ0v) is 17.4. The third kappa shape index (κ3) is 9.26. The number of rotatable bonds is 10. The molecule has 2 aliphatic rings. The summed E-state index contributed by atoms with van der Waals surface area (Å²) in [4.78, 5) is 25.4. The highest BCUT2D eigenvalue weighted by Gasteiger charge is 2.18. The molecule has 0 unspecified atom stereocenters. The van der Waals surface area contributed by atoms with Crippen molar-refractivity contribution < 1.29 is 14.7 Å². The number of nitrogens with zero attached hydrogens (tertiary/aromatic N) is 1. The fraction of sp³-hybridized carbons (Fsp3) is 0.682. The average Bonchev–Trinajstić information content (AvgIpc) is 3.25. The number of primary amides is 1. The molecule has 1 saturated heterocycles. The highest BCUT2D eigenvalue weighted by atomic mass is 16.4. The van der Waals surface area contributed by atoms with Crippen molar-refractivity contribution in [1.82, 2.24) is 10.3 Å². The Labute approximate surface area is 173 Å². The lowest BCUT2D eigenvalue weighted by Gasteiger charge is -2.17. The molecule has 7 nitrogen and oxygen atoms in total. The van der Waals surface area contributed by atoms with E-state index in [9.17, 15) is 9.59 Å².